The fraction of sp³-hybridized carbons (Fsp3) is 0.0625. The number of fused-ring (bicyclic) bond motifs is 1. The minimum Gasteiger partial charge on any atom is -0.496 e. The summed E-state index contributed by atoms with van der Waals surface area (Å²) in [6.07, 6.45) is 3.81. The van der Waals surface area contributed by atoms with Crippen LogP contribution in [0.2, 0.25) is 0 Å². The number of para-hydroxylation sites is 1. The molecular weight excluding hydrogens is 278 g/mol. The third-order valence-electron chi connectivity index (χ3n) is 3.18. The van der Waals surface area contributed by atoms with Crippen LogP contribution in [0.1, 0.15) is 11.3 Å². The van der Waals surface area contributed by atoms with Crippen molar-refractivity contribution in [2.75, 3.05) is 18.6 Å². The van der Waals surface area contributed by atoms with E-state index < -0.39 is 0 Å². The first-order valence-electron chi connectivity index (χ1n) is 6.68. The number of anilines is 2. The van der Waals surface area contributed by atoms with Gasteiger partial charge in [-0.1, -0.05) is 18.2 Å². The summed E-state index contributed by atoms with van der Waals surface area (Å²) in [5.41, 5.74) is 14.3. The highest BCUT2D eigenvalue weighted by Gasteiger charge is 2.05. The molecule has 0 saturated carbocycles. The first kappa shape index (κ1) is 13.8. The highest BCUT2D eigenvalue weighted by atomic mass is 16.5. The molecule has 2 aromatic heterocycles. The molecular formula is C16H15N5O. The summed E-state index contributed by atoms with van der Waals surface area (Å²) in [6, 6.07) is 11.4. The van der Waals surface area contributed by atoms with Crippen molar-refractivity contribution in [3.8, 4) is 5.75 Å². The number of hydrogen-bond donors (Lipinski definition) is 2. The summed E-state index contributed by atoms with van der Waals surface area (Å²) >= 11 is 0. The average molecular weight is 293 g/mol. The van der Waals surface area contributed by atoms with Crippen LogP contribution in [0.4, 0.5) is 11.8 Å². The van der Waals surface area contributed by atoms with Crippen LogP contribution in [-0.4, -0.2) is 22.1 Å². The number of nitrogen functional groups attached to an aromatic ring is 2. The second-order valence-electron chi connectivity index (χ2n) is 4.65. The van der Waals surface area contributed by atoms with E-state index in [1.807, 2.05) is 48.6 Å². The SMILES string of the molecule is COc1ccccc1/C=C/c1ccc2nc(N)nc(N)c2n1. The number of hydrogen-bond acceptors (Lipinski definition) is 6. The zero-order valence-corrected chi connectivity index (χ0v) is 12.0. The van der Waals surface area contributed by atoms with E-state index in [2.05, 4.69) is 15.0 Å². The van der Waals surface area contributed by atoms with E-state index >= 15 is 0 Å². The van der Waals surface area contributed by atoms with Crippen LogP contribution in [0.15, 0.2) is 36.4 Å². The molecule has 0 saturated heterocycles. The van der Waals surface area contributed by atoms with E-state index in [1.54, 1.807) is 7.11 Å². The Balaban J connectivity index is 1.99. The Labute approximate surface area is 127 Å². The van der Waals surface area contributed by atoms with Gasteiger partial charge in [-0.3, -0.25) is 0 Å². The largest absolute Gasteiger partial charge is 0.496 e. The molecule has 0 fully saturated rings. The molecule has 3 aromatic rings. The lowest BCUT2D eigenvalue weighted by molar-refractivity contribution is 0.414. The second kappa shape index (κ2) is 5.69. The molecule has 4 N–H and O–H groups in total. The lowest BCUT2D eigenvalue weighted by atomic mass is 10.1. The summed E-state index contributed by atoms with van der Waals surface area (Å²) in [7, 11) is 1.64. The van der Waals surface area contributed by atoms with E-state index in [-0.39, 0.29) is 11.8 Å². The van der Waals surface area contributed by atoms with Gasteiger partial charge in [-0.15, -0.1) is 0 Å². The number of methoxy groups -OCH3 is 1. The third kappa shape index (κ3) is 2.67. The number of aromatic nitrogens is 3. The predicted octanol–water partition coefficient (Wildman–Crippen LogP) is 2.37. The van der Waals surface area contributed by atoms with Crippen LogP contribution < -0.4 is 16.2 Å². The first-order chi connectivity index (χ1) is 10.7. The van der Waals surface area contributed by atoms with Gasteiger partial charge in [-0.25, -0.2) is 9.97 Å². The molecule has 0 atom stereocenters. The van der Waals surface area contributed by atoms with Crippen molar-refractivity contribution >= 4 is 35.0 Å². The summed E-state index contributed by atoms with van der Waals surface area (Å²) in [5, 5.41) is 0. The van der Waals surface area contributed by atoms with E-state index in [1.165, 1.54) is 0 Å². The van der Waals surface area contributed by atoms with Crippen molar-refractivity contribution in [2.24, 2.45) is 0 Å². The molecule has 1 aromatic carbocycles. The normalized spacial score (nSPS) is 11.1. The fourth-order valence-electron chi connectivity index (χ4n) is 2.14. The number of benzene rings is 1. The van der Waals surface area contributed by atoms with Gasteiger partial charge in [0.2, 0.25) is 5.95 Å². The van der Waals surface area contributed by atoms with Crippen molar-refractivity contribution < 1.29 is 4.74 Å². The van der Waals surface area contributed by atoms with Gasteiger partial charge >= 0.3 is 0 Å². The molecule has 2 heterocycles. The van der Waals surface area contributed by atoms with Crippen LogP contribution >= 0.6 is 0 Å². The van der Waals surface area contributed by atoms with Gasteiger partial charge in [0.15, 0.2) is 5.82 Å². The number of nitrogens with two attached hydrogens (primary N) is 2. The zero-order valence-electron chi connectivity index (χ0n) is 12.0. The standard InChI is InChI=1S/C16H15N5O/c1-22-13-5-3-2-4-10(13)6-7-11-8-9-12-14(19-11)15(17)21-16(18)20-12/h2-9H,1H3,(H4,17,18,20,21)/b7-6+. The van der Waals surface area contributed by atoms with Crippen molar-refractivity contribution in [2.45, 2.75) is 0 Å². The van der Waals surface area contributed by atoms with E-state index in [0.29, 0.717) is 11.0 Å². The molecule has 110 valence electrons. The monoisotopic (exact) mass is 293 g/mol. The molecule has 0 bridgehead atoms. The predicted molar refractivity (Wildman–Crippen MR) is 88.1 cm³/mol. The van der Waals surface area contributed by atoms with E-state index in [0.717, 1.165) is 17.0 Å². The van der Waals surface area contributed by atoms with Crippen LogP contribution in [0.5, 0.6) is 5.75 Å². The summed E-state index contributed by atoms with van der Waals surface area (Å²) < 4.78 is 5.31. The minimum atomic E-state index is 0.143. The van der Waals surface area contributed by atoms with Gasteiger partial charge in [0.05, 0.1) is 18.3 Å². The maximum absolute atomic E-state index is 5.84. The van der Waals surface area contributed by atoms with Crippen LogP contribution in [0, 0.1) is 0 Å². The van der Waals surface area contributed by atoms with Gasteiger partial charge < -0.3 is 16.2 Å². The Morgan fingerprint density at radius 3 is 2.59 bits per heavy atom. The van der Waals surface area contributed by atoms with Crippen molar-refractivity contribution in [3.05, 3.63) is 47.7 Å². The molecule has 0 amide bonds. The van der Waals surface area contributed by atoms with Gasteiger partial charge in [-0.2, -0.15) is 4.98 Å². The molecule has 0 unspecified atom stereocenters. The Morgan fingerprint density at radius 1 is 0.955 bits per heavy atom. The summed E-state index contributed by atoms with van der Waals surface area (Å²) in [6.45, 7) is 0. The van der Waals surface area contributed by atoms with Crippen LogP contribution in [0.25, 0.3) is 23.2 Å². The molecule has 6 nitrogen and oxygen atoms in total. The minimum absolute atomic E-state index is 0.143. The summed E-state index contributed by atoms with van der Waals surface area (Å²) in [4.78, 5) is 12.5. The zero-order chi connectivity index (χ0) is 15.5. The van der Waals surface area contributed by atoms with Gasteiger partial charge in [0, 0.05) is 5.56 Å². The molecule has 22 heavy (non-hydrogen) atoms. The lowest BCUT2D eigenvalue weighted by Gasteiger charge is -2.04. The topological polar surface area (TPSA) is 99.9 Å². The third-order valence-corrected chi connectivity index (χ3v) is 3.18. The fourth-order valence-corrected chi connectivity index (χ4v) is 2.14. The van der Waals surface area contributed by atoms with Gasteiger partial charge in [0.25, 0.3) is 0 Å². The van der Waals surface area contributed by atoms with Crippen LogP contribution in [-0.2, 0) is 0 Å². The maximum Gasteiger partial charge on any atom is 0.222 e. The van der Waals surface area contributed by atoms with Gasteiger partial charge in [-0.05, 0) is 30.4 Å². The highest BCUT2D eigenvalue weighted by molar-refractivity contribution is 5.86. The Bertz CT molecular complexity index is 860. The molecule has 3 rings (SSSR count). The Kier molecular flexibility index (Phi) is 3.57. The van der Waals surface area contributed by atoms with Crippen molar-refractivity contribution in [1.82, 2.24) is 15.0 Å². The van der Waals surface area contributed by atoms with E-state index in [4.69, 9.17) is 16.2 Å². The van der Waals surface area contributed by atoms with Crippen LogP contribution in [0.3, 0.4) is 0 Å². The first-order valence-corrected chi connectivity index (χ1v) is 6.68. The Morgan fingerprint density at radius 2 is 1.77 bits per heavy atom. The Hall–Kier alpha value is -3.15. The molecule has 0 aliphatic carbocycles. The van der Waals surface area contributed by atoms with Gasteiger partial charge in [0.1, 0.15) is 11.3 Å². The molecule has 0 aliphatic heterocycles. The number of pyridine rings is 1. The lowest BCUT2D eigenvalue weighted by Crippen LogP contribution is -2.02. The number of ether oxygens (including phenoxy) is 1. The molecule has 0 radical (unpaired) electrons. The van der Waals surface area contributed by atoms with Crippen molar-refractivity contribution in [1.29, 1.82) is 0 Å². The molecule has 0 spiro atoms. The smallest absolute Gasteiger partial charge is 0.222 e. The highest BCUT2D eigenvalue weighted by Crippen LogP contribution is 2.21. The maximum atomic E-state index is 5.84. The van der Waals surface area contributed by atoms with E-state index in [9.17, 15) is 0 Å². The number of nitrogens with zero attached hydrogens (tertiary/aromatic N) is 3. The average Bonchev–Trinajstić information content (AvgIpc) is 2.53. The van der Waals surface area contributed by atoms with Crippen molar-refractivity contribution in [3.63, 3.8) is 0 Å². The molecule has 6 heteroatoms. The quantitative estimate of drug-likeness (QED) is 0.769. The molecule has 0 aliphatic rings. The summed E-state index contributed by atoms with van der Waals surface area (Å²) in [5.74, 6) is 1.22. The second-order valence-corrected chi connectivity index (χ2v) is 4.65. The number of rotatable bonds is 3.